The predicted octanol–water partition coefficient (Wildman–Crippen LogP) is 1.51. The van der Waals surface area contributed by atoms with Gasteiger partial charge in [0.25, 0.3) is 0 Å². The highest BCUT2D eigenvalue weighted by atomic mass is 15.1. The van der Waals surface area contributed by atoms with Gasteiger partial charge in [0.2, 0.25) is 0 Å². The molecule has 1 aliphatic rings. The van der Waals surface area contributed by atoms with Crippen LogP contribution in [0.4, 0.5) is 0 Å². The zero-order chi connectivity index (χ0) is 11.2. The fourth-order valence-corrected chi connectivity index (χ4v) is 2.35. The Bertz CT molecular complexity index is 299. The third-order valence-corrected chi connectivity index (χ3v) is 3.19. The highest BCUT2D eigenvalue weighted by Crippen LogP contribution is 2.13. The van der Waals surface area contributed by atoms with Crippen LogP contribution in [0.1, 0.15) is 18.5 Å². The molecule has 2 rings (SSSR count). The molecule has 3 heteroatoms. The maximum atomic E-state index is 4.30. The summed E-state index contributed by atoms with van der Waals surface area (Å²) in [7, 11) is 2.21. The fraction of sp³-hybridized carbons (Fsp3) is 0.615. The molecule has 3 nitrogen and oxygen atoms in total. The molecular formula is C13H21N3. The van der Waals surface area contributed by atoms with Crippen molar-refractivity contribution >= 4 is 0 Å². The lowest BCUT2D eigenvalue weighted by molar-refractivity contribution is 0.206. The Labute approximate surface area is 97.9 Å². The van der Waals surface area contributed by atoms with Gasteiger partial charge in [-0.05, 0) is 51.0 Å². The summed E-state index contributed by atoms with van der Waals surface area (Å²) in [6, 6.07) is 6.07. The summed E-state index contributed by atoms with van der Waals surface area (Å²) >= 11 is 0. The lowest BCUT2D eigenvalue weighted by Crippen LogP contribution is -2.37. The monoisotopic (exact) mass is 219 g/mol. The molecule has 1 saturated heterocycles. The minimum Gasteiger partial charge on any atom is -0.311 e. The molecule has 0 spiro atoms. The van der Waals surface area contributed by atoms with E-state index in [-0.39, 0.29) is 0 Å². The van der Waals surface area contributed by atoms with Gasteiger partial charge in [-0.15, -0.1) is 0 Å². The molecule has 1 aliphatic heterocycles. The van der Waals surface area contributed by atoms with Crippen LogP contribution in [-0.4, -0.2) is 36.6 Å². The number of pyridine rings is 1. The second-order valence-electron chi connectivity index (χ2n) is 4.72. The van der Waals surface area contributed by atoms with Gasteiger partial charge in [0, 0.05) is 19.3 Å². The van der Waals surface area contributed by atoms with Crippen LogP contribution < -0.4 is 5.32 Å². The highest BCUT2D eigenvalue weighted by Gasteiger charge is 2.16. The number of aromatic nitrogens is 1. The summed E-state index contributed by atoms with van der Waals surface area (Å²) in [6.45, 7) is 4.49. The first-order chi connectivity index (χ1) is 7.84. The Kier molecular flexibility index (Phi) is 4.31. The van der Waals surface area contributed by atoms with Crippen molar-refractivity contribution in [2.45, 2.75) is 19.4 Å². The second kappa shape index (κ2) is 5.97. The quantitative estimate of drug-likeness (QED) is 0.832. The van der Waals surface area contributed by atoms with Crippen LogP contribution >= 0.6 is 0 Å². The molecular weight excluding hydrogens is 198 g/mol. The zero-order valence-electron chi connectivity index (χ0n) is 10.0. The summed E-state index contributed by atoms with van der Waals surface area (Å²) in [6.07, 6.45) is 4.55. The van der Waals surface area contributed by atoms with E-state index < -0.39 is 0 Å². The van der Waals surface area contributed by atoms with E-state index in [1.807, 2.05) is 18.3 Å². The summed E-state index contributed by atoms with van der Waals surface area (Å²) in [5.74, 6) is 0.808. The first-order valence-electron chi connectivity index (χ1n) is 6.14. The first kappa shape index (κ1) is 11.6. The van der Waals surface area contributed by atoms with Crippen LogP contribution in [0.15, 0.2) is 24.4 Å². The molecule has 0 bridgehead atoms. The maximum Gasteiger partial charge on any atom is 0.0541 e. The third kappa shape index (κ3) is 3.58. The molecule has 0 aliphatic carbocycles. The van der Waals surface area contributed by atoms with Crippen molar-refractivity contribution in [1.82, 2.24) is 15.2 Å². The molecule has 0 saturated carbocycles. The average Bonchev–Trinajstić information content (AvgIpc) is 2.30. The molecule has 16 heavy (non-hydrogen) atoms. The minimum atomic E-state index is 0.808. The van der Waals surface area contributed by atoms with E-state index in [0.717, 1.165) is 24.7 Å². The maximum absolute atomic E-state index is 4.30. The van der Waals surface area contributed by atoms with Gasteiger partial charge in [-0.25, -0.2) is 0 Å². The van der Waals surface area contributed by atoms with E-state index in [9.17, 15) is 0 Å². The van der Waals surface area contributed by atoms with Crippen LogP contribution in [0.25, 0.3) is 0 Å². The van der Waals surface area contributed by atoms with Gasteiger partial charge in [-0.2, -0.15) is 0 Å². The number of rotatable bonds is 4. The molecule has 1 fully saturated rings. The molecule has 1 aromatic rings. The predicted molar refractivity (Wildman–Crippen MR) is 66.2 cm³/mol. The van der Waals surface area contributed by atoms with Gasteiger partial charge in [0.15, 0.2) is 0 Å². The Balaban J connectivity index is 1.68. The van der Waals surface area contributed by atoms with E-state index in [4.69, 9.17) is 0 Å². The van der Waals surface area contributed by atoms with Crippen molar-refractivity contribution in [3.05, 3.63) is 30.1 Å². The molecule has 1 unspecified atom stereocenters. The first-order valence-corrected chi connectivity index (χ1v) is 6.14. The van der Waals surface area contributed by atoms with Crippen LogP contribution in [0.5, 0.6) is 0 Å². The van der Waals surface area contributed by atoms with Crippen molar-refractivity contribution in [1.29, 1.82) is 0 Å². The van der Waals surface area contributed by atoms with Gasteiger partial charge in [-0.1, -0.05) is 6.07 Å². The zero-order valence-corrected chi connectivity index (χ0v) is 10.0. The van der Waals surface area contributed by atoms with E-state index >= 15 is 0 Å². The fourth-order valence-electron chi connectivity index (χ4n) is 2.35. The Hall–Kier alpha value is -0.930. The minimum absolute atomic E-state index is 0.808. The summed E-state index contributed by atoms with van der Waals surface area (Å²) in [4.78, 5) is 6.73. The normalized spacial score (nSPS) is 22.2. The molecule has 1 N–H and O–H groups in total. The Morgan fingerprint density at radius 1 is 1.50 bits per heavy atom. The van der Waals surface area contributed by atoms with Gasteiger partial charge in [0.05, 0.1) is 5.69 Å². The van der Waals surface area contributed by atoms with E-state index in [2.05, 4.69) is 28.3 Å². The average molecular weight is 219 g/mol. The lowest BCUT2D eigenvalue weighted by atomic mass is 9.98. The smallest absolute Gasteiger partial charge is 0.0541 e. The number of hydrogen-bond acceptors (Lipinski definition) is 3. The molecule has 88 valence electrons. The van der Waals surface area contributed by atoms with Gasteiger partial charge < -0.3 is 10.2 Å². The Morgan fingerprint density at radius 3 is 3.19 bits per heavy atom. The molecule has 0 aromatic carbocycles. The number of likely N-dealkylation sites (tertiary alicyclic amines) is 1. The number of piperidine rings is 1. The molecule has 0 amide bonds. The van der Waals surface area contributed by atoms with Crippen LogP contribution in [0.3, 0.4) is 0 Å². The van der Waals surface area contributed by atoms with Crippen LogP contribution in [-0.2, 0) is 6.54 Å². The van der Waals surface area contributed by atoms with E-state index in [1.165, 1.54) is 25.9 Å². The topological polar surface area (TPSA) is 28.2 Å². The number of nitrogens with one attached hydrogen (secondary N) is 1. The summed E-state index contributed by atoms with van der Waals surface area (Å²) < 4.78 is 0. The van der Waals surface area contributed by atoms with E-state index in [0.29, 0.717) is 0 Å². The molecule has 1 atom stereocenters. The SMILES string of the molecule is CN1CCCC(CNCc2ccccn2)C1. The van der Waals surface area contributed by atoms with Crippen LogP contribution in [0, 0.1) is 5.92 Å². The Morgan fingerprint density at radius 2 is 2.44 bits per heavy atom. The third-order valence-electron chi connectivity index (χ3n) is 3.19. The molecule has 0 radical (unpaired) electrons. The number of nitrogens with zero attached hydrogens (tertiary/aromatic N) is 2. The summed E-state index contributed by atoms with van der Waals surface area (Å²) in [5, 5.41) is 3.50. The number of hydrogen-bond donors (Lipinski definition) is 1. The van der Waals surface area contributed by atoms with Gasteiger partial charge in [0.1, 0.15) is 0 Å². The van der Waals surface area contributed by atoms with Gasteiger partial charge >= 0.3 is 0 Å². The standard InChI is InChI=1S/C13H21N3/c1-16-8-4-5-12(11-16)9-14-10-13-6-2-3-7-15-13/h2-3,6-7,12,14H,4-5,8-11H2,1H3. The highest BCUT2D eigenvalue weighted by molar-refractivity contribution is 5.02. The second-order valence-corrected chi connectivity index (χ2v) is 4.72. The molecule has 1 aromatic heterocycles. The van der Waals surface area contributed by atoms with Crippen LogP contribution in [0.2, 0.25) is 0 Å². The van der Waals surface area contributed by atoms with Crippen molar-refractivity contribution in [3.8, 4) is 0 Å². The lowest BCUT2D eigenvalue weighted by Gasteiger charge is -2.29. The van der Waals surface area contributed by atoms with Crippen molar-refractivity contribution in [2.24, 2.45) is 5.92 Å². The van der Waals surface area contributed by atoms with Crippen molar-refractivity contribution in [3.63, 3.8) is 0 Å². The van der Waals surface area contributed by atoms with Crippen molar-refractivity contribution in [2.75, 3.05) is 26.7 Å². The summed E-state index contributed by atoms with van der Waals surface area (Å²) in [5.41, 5.74) is 1.13. The molecule has 2 heterocycles. The van der Waals surface area contributed by atoms with Crippen molar-refractivity contribution < 1.29 is 0 Å². The van der Waals surface area contributed by atoms with E-state index in [1.54, 1.807) is 0 Å². The largest absolute Gasteiger partial charge is 0.311 e. The van der Waals surface area contributed by atoms with Gasteiger partial charge in [-0.3, -0.25) is 4.98 Å².